The topological polar surface area (TPSA) is 58.0 Å². The first-order valence-electron chi connectivity index (χ1n) is 6.17. The fourth-order valence-corrected chi connectivity index (χ4v) is 2.74. The van der Waals surface area contributed by atoms with Crippen LogP contribution in [-0.2, 0) is 6.42 Å². The van der Waals surface area contributed by atoms with Crippen LogP contribution in [0.25, 0.3) is 0 Å². The normalized spacial score (nSPS) is 21.2. The van der Waals surface area contributed by atoms with Gasteiger partial charge >= 0.3 is 0 Å². The molecule has 0 fully saturated rings. The molecule has 1 aliphatic rings. The molecule has 0 spiro atoms. The van der Waals surface area contributed by atoms with Gasteiger partial charge in [0.05, 0.1) is 12.1 Å². The molecule has 0 amide bonds. The molecule has 0 saturated heterocycles. The molecule has 0 unspecified atom stereocenters. The van der Waals surface area contributed by atoms with Gasteiger partial charge in [-0.05, 0) is 18.1 Å². The van der Waals surface area contributed by atoms with Crippen LogP contribution in [0.1, 0.15) is 23.0 Å². The first-order valence-corrected chi connectivity index (χ1v) is 6.55. The minimum Gasteiger partial charge on any atom is -0.390 e. The largest absolute Gasteiger partial charge is 0.390 e. The van der Waals surface area contributed by atoms with Crippen LogP contribution in [0.2, 0.25) is 5.15 Å². The second-order valence-corrected chi connectivity index (χ2v) is 5.10. The van der Waals surface area contributed by atoms with Crippen LogP contribution in [0.3, 0.4) is 0 Å². The smallest absolute Gasteiger partial charge is 0.134 e. The highest BCUT2D eigenvalue weighted by molar-refractivity contribution is 6.29. The molecule has 0 bridgehead atoms. The maximum Gasteiger partial charge on any atom is 0.134 e. The average molecular weight is 276 g/mol. The first-order chi connectivity index (χ1) is 9.13. The molecular formula is C14H14ClN3O. The lowest BCUT2D eigenvalue weighted by Gasteiger charge is -2.18. The Hall–Kier alpha value is -1.65. The number of benzene rings is 1. The molecule has 2 atom stereocenters. The van der Waals surface area contributed by atoms with E-state index in [9.17, 15) is 5.11 Å². The van der Waals surface area contributed by atoms with Crippen molar-refractivity contribution < 1.29 is 5.11 Å². The molecule has 0 aliphatic heterocycles. The summed E-state index contributed by atoms with van der Waals surface area (Å²) in [6, 6.07) is 9.55. The standard InChI is InChI=1S/C14H14ClN3O/c1-8-16-12(15)7-13(17-8)18-14-10-5-3-2-4-9(10)6-11(14)19/h2-5,7,11,14,19H,6H2,1H3,(H,16,17,18)/t11-,14-/m1/s1. The minimum atomic E-state index is -0.452. The SMILES string of the molecule is Cc1nc(Cl)cc(N[C@@H]2c3ccccc3C[C@H]2O)n1. The molecule has 2 N–H and O–H groups in total. The monoisotopic (exact) mass is 275 g/mol. The lowest BCUT2D eigenvalue weighted by Crippen LogP contribution is -2.21. The van der Waals surface area contributed by atoms with Gasteiger partial charge in [-0.15, -0.1) is 0 Å². The Balaban J connectivity index is 1.91. The van der Waals surface area contributed by atoms with Crippen LogP contribution in [0.5, 0.6) is 0 Å². The van der Waals surface area contributed by atoms with E-state index in [-0.39, 0.29) is 6.04 Å². The van der Waals surface area contributed by atoms with Gasteiger partial charge in [0.25, 0.3) is 0 Å². The number of aliphatic hydroxyl groups excluding tert-OH is 1. The number of aromatic nitrogens is 2. The van der Waals surface area contributed by atoms with Gasteiger partial charge in [-0.25, -0.2) is 9.97 Å². The van der Waals surface area contributed by atoms with Crippen LogP contribution >= 0.6 is 11.6 Å². The zero-order valence-corrected chi connectivity index (χ0v) is 11.2. The number of nitrogens with one attached hydrogen (secondary N) is 1. The number of hydrogen-bond donors (Lipinski definition) is 2. The third-order valence-corrected chi connectivity index (χ3v) is 3.51. The summed E-state index contributed by atoms with van der Waals surface area (Å²) in [6.45, 7) is 1.79. The Morgan fingerprint density at radius 2 is 2.11 bits per heavy atom. The maximum atomic E-state index is 10.2. The highest BCUT2D eigenvalue weighted by atomic mass is 35.5. The molecule has 19 heavy (non-hydrogen) atoms. The third kappa shape index (κ3) is 2.41. The predicted octanol–water partition coefficient (Wildman–Crippen LogP) is 2.51. The summed E-state index contributed by atoms with van der Waals surface area (Å²) in [5, 5.41) is 13.8. The van der Waals surface area contributed by atoms with E-state index < -0.39 is 6.10 Å². The Kier molecular flexibility index (Phi) is 3.12. The molecule has 0 radical (unpaired) electrons. The molecule has 2 aromatic rings. The van der Waals surface area contributed by atoms with Crippen molar-refractivity contribution in [3.63, 3.8) is 0 Å². The van der Waals surface area contributed by atoms with Gasteiger partial charge in [0.1, 0.15) is 16.8 Å². The summed E-state index contributed by atoms with van der Waals surface area (Å²) in [5.74, 6) is 1.24. The number of hydrogen-bond acceptors (Lipinski definition) is 4. The fourth-order valence-electron chi connectivity index (χ4n) is 2.51. The number of halogens is 1. The Labute approximate surface area is 116 Å². The van der Waals surface area contributed by atoms with Crippen molar-refractivity contribution in [2.24, 2.45) is 0 Å². The van der Waals surface area contributed by atoms with Crippen molar-refractivity contribution in [2.45, 2.75) is 25.5 Å². The van der Waals surface area contributed by atoms with Gasteiger partial charge in [0.2, 0.25) is 0 Å². The molecule has 3 rings (SSSR count). The van der Waals surface area contributed by atoms with Crippen molar-refractivity contribution >= 4 is 17.4 Å². The number of rotatable bonds is 2. The van der Waals surface area contributed by atoms with Crippen molar-refractivity contribution in [1.29, 1.82) is 0 Å². The summed E-state index contributed by atoms with van der Waals surface area (Å²) >= 11 is 5.92. The number of aliphatic hydroxyl groups is 1. The van der Waals surface area contributed by atoms with E-state index in [2.05, 4.69) is 15.3 Å². The van der Waals surface area contributed by atoms with Crippen molar-refractivity contribution in [1.82, 2.24) is 9.97 Å². The molecule has 5 heteroatoms. The number of aryl methyl sites for hydroxylation is 1. The number of nitrogens with zero attached hydrogens (tertiary/aromatic N) is 2. The summed E-state index contributed by atoms with van der Waals surface area (Å²) in [4.78, 5) is 8.31. The summed E-state index contributed by atoms with van der Waals surface area (Å²) in [6.07, 6.45) is 0.206. The van der Waals surface area contributed by atoms with Gasteiger partial charge in [0.15, 0.2) is 0 Å². The maximum absolute atomic E-state index is 10.2. The van der Waals surface area contributed by atoms with Crippen LogP contribution in [-0.4, -0.2) is 21.2 Å². The number of fused-ring (bicyclic) bond motifs is 1. The van der Waals surface area contributed by atoms with E-state index in [1.165, 1.54) is 5.56 Å². The van der Waals surface area contributed by atoms with Crippen LogP contribution in [0.15, 0.2) is 30.3 Å². The van der Waals surface area contributed by atoms with E-state index >= 15 is 0 Å². The zero-order chi connectivity index (χ0) is 13.4. The summed E-state index contributed by atoms with van der Waals surface area (Å²) in [7, 11) is 0. The Bertz CT molecular complexity index is 597. The summed E-state index contributed by atoms with van der Waals surface area (Å²) < 4.78 is 0. The van der Waals surface area contributed by atoms with Crippen molar-refractivity contribution in [3.8, 4) is 0 Å². The quantitative estimate of drug-likeness (QED) is 0.827. The van der Waals surface area contributed by atoms with E-state index in [1.807, 2.05) is 24.3 Å². The molecular weight excluding hydrogens is 262 g/mol. The lowest BCUT2D eigenvalue weighted by atomic mass is 10.1. The van der Waals surface area contributed by atoms with Crippen LogP contribution in [0, 0.1) is 6.92 Å². The molecule has 4 nitrogen and oxygen atoms in total. The Morgan fingerprint density at radius 1 is 1.32 bits per heavy atom. The van der Waals surface area contributed by atoms with Crippen LogP contribution < -0.4 is 5.32 Å². The molecule has 98 valence electrons. The van der Waals surface area contributed by atoms with E-state index in [4.69, 9.17) is 11.6 Å². The van der Waals surface area contributed by atoms with E-state index in [1.54, 1.807) is 13.0 Å². The predicted molar refractivity (Wildman–Crippen MR) is 74.3 cm³/mol. The molecule has 0 saturated carbocycles. The first kappa shape index (κ1) is 12.4. The van der Waals surface area contributed by atoms with E-state index in [0.717, 1.165) is 5.56 Å². The van der Waals surface area contributed by atoms with Gasteiger partial charge in [0, 0.05) is 12.5 Å². The van der Waals surface area contributed by atoms with Gasteiger partial charge in [-0.3, -0.25) is 0 Å². The summed E-state index contributed by atoms with van der Waals surface area (Å²) in [5.41, 5.74) is 2.28. The van der Waals surface area contributed by atoms with Gasteiger partial charge in [-0.1, -0.05) is 35.9 Å². The second kappa shape index (κ2) is 4.79. The second-order valence-electron chi connectivity index (χ2n) is 4.72. The molecule has 1 aromatic heterocycles. The van der Waals surface area contributed by atoms with Crippen molar-refractivity contribution in [3.05, 3.63) is 52.4 Å². The van der Waals surface area contributed by atoms with Crippen LogP contribution in [0.4, 0.5) is 5.82 Å². The van der Waals surface area contributed by atoms with E-state index in [0.29, 0.717) is 23.2 Å². The lowest BCUT2D eigenvalue weighted by molar-refractivity contribution is 0.165. The fraction of sp³-hybridized carbons (Fsp3) is 0.286. The van der Waals surface area contributed by atoms with Gasteiger partial charge < -0.3 is 10.4 Å². The highest BCUT2D eigenvalue weighted by Gasteiger charge is 2.30. The molecule has 1 heterocycles. The number of anilines is 1. The molecule has 1 aromatic carbocycles. The zero-order valence-electron chi connectivity index (χ0n) is 10.5. The third-order valence-electron chi connectivity index (χ3n) is 3.31. The highest BCUT2D eigenvalue weighted by Crippen LogP contribution is 2.33. The Morgan fingerprint density at radius 3 is 2.89 bits per heavy atom. The van der Waals surface area contributed by atoms with Crippen molar-refractivity contribution in [2.75, 3.05) is 5.32 Å². The van der Waals surface area contributed by atoms with Gasteiger partial charge in [-0.2, -0.15) is 0 Å². The molecule has 1 aliphatic carbocycles. The average Bonchev–Trinajstić information content (AvgIpc) is 2.65. The minimum absolute atomic E-state index is 0.151.